The Hall–Kier alpha value is -2.50. The molecule has 26 heavy (non-hydrogen) atoms. The number of benzene rings is 2. The summed E-state index contributed by atoms with van der Waals surface area (Å²) in [5.74, 6) is -3.79. The number of carbonyl (C=O) groups is 1. The Morgan fingerprint density at radius 3 is 2.31 bits per heavy atom. The Kier molecular flexibility index (Phi) is 4.69. The Bertz CT molecular complexity index is 806. The molecule has 6 heteroatoms. The Labute approximate surface area is 149 Å². The smallest absolute Gasteiger partial charge is 0.338 e. The molecule has 2 aromatic rings. The highest BCUT2D eigenvalue weighted by atomic mass is 19.3. The van der Waals surface area contributed by atoms with Gasteiger partial charge in [0.2, 0.25) is 0 Å². The van der Waals surface area contributed by atoms with Gasteiger partial charge in [-0.1, -0.05) is 6.07 Å². The molecular weight excluding hydrogens is 345 g/mol. The molecule has 0 spiro atoms. The minimum Gasteiger partial charge on any atom is -0.462 e. The maximum atomic E-state index is 14.3. The van der Waals surface area contributed by atoms with Gasteiger partial charge in [0.15, 0.2) is 11.6 Å². The number of esters is 1. The van der Waals surface area contributed by atoms with Gasteiger partial charge in [0, 0.05) is 6.92 Å². The zero-order valence-corrected chi connectivity index (χ0v) is 14.5. The minimum atomic E-state index is -2.90. The van der Waals surface area contributed by atoms with Gasteiger partial charge in [0.05, 0.1) is 17.6 Å². The number of hydrogen-bond donors (Lipinski definition) is 0. The number of ether oxygens (including phenoxy) is 2. The molecule has 0 heterocycles. The zero-order valence-electron chi connectivity index (χ0n) is 14.5. The van der Waals surface area contributed by atoms with E-state index in [-0.39, 0.29) is 17.9 Å². The second-order valence-corrected chi connectivity index (χ2v) is 6.46. The highest BCUT2D eigenvalue weighted by Gasteiger charge is 2.60. The summed E-state index contributed by atoms with van der Waals surface area (Å²) < 4.78 is 52.3. The highest BCUT2D eigenvalue weighted by molar-refractivity contribution is 5.89. The van der Waals surface area contributed by atoms with Crippen LogP contribution in [-0.2, 0) is 10.2 Å². The van der Waals surface area contributed by atoms with Crippen LogP contribution in [0.5, 0.6) is 11.5 Å². The lowest BCUT2D eigenvalue weighted by Gasteiger charge is -2.23. The number of halogens is 3. The summed E-state index contributed by atoms with van der Waals surface area (Å²) in [6.45, 7) is 2.85. The molecule has 1 saturated carbocycles. The lowest BCUT2D eigenvalue weighted by atomic mass is 9.90. The molecule has 0 atom stereocenters. The van der Waals surface area contributed by atoms with E-state index in [1.807, 2.05) is 0 Å². The van der Waals surface area contributed by atoms with Gasteiger partial charge in [0.1, 0.15) is 5.75 Å². The SMILES string of the molecule is CCOC(=O)c1ccc(Oc2ccc(C3(C(C)(F)F)CC3)cc2F)cc1. The number of carbonyl (C=O) groups excluding carboxylic acids is 1. The molecule has 1 aliphatic carbocycles. The predicted octanol–water partition coefficient (Wildman–Crippen LogP) is 5.48. The summed E-state index contributed by atoms with van der Waals surface area (Å²) in [7, 11) is 0. The molecule has 3 nitrogen and oxygen atoms in total. The van der Waals surface area contributed by atoms with Crippen LogP contribution < -0.4 is 4.74 Å². The summed E-state index contributed by atoms with van der Waals surface area (Å²) in [6.07, 6.45) is 0.678. The van der Waals surface area contributed by atoms with Gasteiger partial charge in [-0.15, -0.1) is 0 Å². The molecule has 0 radical (unpaired) electrons. The van der Waals surface area contributed by atoms with Crippen molar-refractivity contribution in [3.05, 3.63) is 59.4 Å². The molecule has 2 aromatic carbocycles. The van der Waals surface area contributed by atoms with Crippen LogP contribution in [-0.4, -0.2) is 18.5 Å². The minimum absolute atomic E-state index is 0.0622. The van der Waals surface area contributed by atoms with Gasteiger partial charge >= 0.3 is 5.97 Å². The molecule has 0 aromatic heterocycles. The summed E-state index contributed by atoms with van der Waals surface area (Å²) in [6, 6.07) is 10.0. The van der Waals surface area contributed by atoms with Crippen molar-refractivity contribution < 1.29 is 27.4 Å². The van der Waals surface area contributed by atoms with Crippen molar-refractivity contribution in [2.24, 2.45) is 0 Å². The molecule has 0 N–H and O–H groups in total. The fourth-order valence-corrected chi connectivity index (χ4v) is 2.99. The molecule has 0 aliphatic heterocycles. The molecule has 0 saturated heterocycles. The maximum Gasteiger partial charge on any atom is 0.338 e. The van der Waals surface area contributed by atoms with Gasteiger partial charge < -0.3 is 9.47 Å². The molecule has 3 rings (SSSR count). The predicted molar refractivity (Wildman–Crippen MR) is 90.4 cm³/mol. The van der Waals surface area contributed by atoms with E-state index in [1.54, 1.807) is 6.92 Å². The molecule has 0 bridgehead atoms. The van der Waals surface area contributed by atoms with E-state index in [9.17, 15) is 18.0 Å². The van der Waals surface area contributed by atoms with Crippen LogP contribution in [0.25, 0.3) is 0 Å². The standard InChI is InChI=1S/C20H19F3O3/c1-3-25-18(24)13-4-7-15(8-5-13)26-17-9-6-14(12-16(17)21)20(10-11-20)19(2,22)23/h4-9,12H,3,10-11H2,1-2H3. The number of alkyl halides is 2. The maximum absolute atomic E-state index is 14.3. The average Bonchev–Trinajstić information content (AvgIpc) is 3.39. The van der Waals surface area contributed by atoms with Crippen molar-refractivity contribution >= 4 is 5.97 Å². The average molecular weight is 364 g/mol. The molecule has 1 aliphatic rings. The first kappa shape index (κ1) is 18.3. The molecule has 138 valence electrons. The van der Waals surface area contributed by atoms with Crippen LogP contribution in [0.4, 0.5) is 13.2 Å². The van der Waals surface area contributed by atoms with Crippen LogP contribution >= 0.6 is 0 Å². The quantitative estimate of drug-likeness (QED) is 0.637. The first-order valence-electron chi connectivity index (χ1n) is 8.40. The summed E-state index contributed by atoms with van der Waals surface area (Å²) >= 11 is 0. The summed E-state index contributed by atoms with van der Waals surface area (Å²) in [5, 5.41) is 0. The van der Waals surface area contributed by atoms with Gasteiger partial charge in [-0.2, -0.15) is 0 Å². The van der Waals surface area contributed by atoms with Crippen LogP contribution in [0.15, 0.2) is 42.5 Å². The van der Waals surface area contributed by atoms with Crippen LogP contribution in [0.1, 0.15) is 42.6 Å². The molecule has 0 unspecified atom stereocenters. The van der Waals surface area contributed by atoms with Crippen molar-refractivity contribution in [2.75, 3.05) is 6.61 Å². The van der Waals surface area contributed by atoms with Crippen LogP contribution in [0.3, 0.4) is 0 Å². The fourth-order valence-electron chi connectivity index (χ4n) is 2.99. The van der Waals surface area contributed by atoms with Crippen molar-refractivity contribution in [1.29, 1.82) is 0 Å². The van der Waals surface area contributed by atoms with E-state index in [1.165, 1.54) is 36.4 Å². The lowest BCUT2D eigenvalue weighted by Crippen LogP contribution is -2.30. The zero-order chi connectivity index (χ0) is 18.9. The first-order valence-corrected chi connectivity index (χ1v) is 8.40. The molecule has 1 fully saturated rings. The van der Waals surface area contributed by atoms with Gasteiger partial charge in [0.25, 0.3) is 5.92 Å². The third-order valence-electron chi connectivity index (χ3n) is 4.67. The Morgan fingerprint density at radius 1 is 1.15 bits per heavy atom. The van der Waals surface area contributed by atoms with E-state index in [4.69, 9.17) is 9.47 Å². The van der Waals surface area contributed by atoms with Gasteiger partial charge in [-0.3, -0.25) is 0 Å². The van der Waals surface area contributed by atoms with Gasteiger partial charge in [-0.05, 0) is 61.7 Å². The molecule has 0 amide bonds. The van der Waals surface area contributed by atoms with E-state index in [0.717, 1.165) is 13.0 Å². The van der Waals surface area contributed by atoms with E-state index < -0.39 is 23.1 Å². The van der Waals surface area contributed by atoms with Gasteiger partial charge in [-0.25, -0.2) is 18.0 Å². The van der Waals surface area contributed by atoms with E-state index in [0.29, 0.717) is 24.2 Å². The third kappa shape index (κ3) is 3.41. The van der Waals surface area contributed by atoms with Crippen molar-refractivity contribution in [3.63, 3.8) is 0 Å². The second-order valence-electron chi connectivity index (χ2n) is 6.46. The number of hydrogen-bond acceptors (Lipinski definition) is 3. The normalized spacial score (nSPS) is 15.4. The monoisotopic (exact) mass is 364 g/mol. The number of rotatable bonds is 6. The van der Waals surface area contributed by atoms with E-state index >= 15 is 0 Å². The Balaban J connectivity index is 1.76. The summed E-state index contributed by atoms with van der Waals surface area (Å²) in [4.78, 5) is 11.6. The second kappa shape index (κ2) is 6.67. The highest BCUT2D eigenvalue weighted by Crippen LogP contribution is 2.58. The molecular formula is C20H19F3O3. The van der Waals surface area contributed by atoms with Crippen LogP contribution in [0.2, 0.25) is 0 Å². The topological polar surface area (TPSA) is 35.5 Å². The van der Waals surface area contributed by atoms with Crippen molar-refractivity contribution in [1.82, 2.24) is 0 Å². The Morgan fingerprint density at radius 2 is 1.81 bits per heavy atom. The van der Waals surface area contributed by atoms with Crippen LogP contribution in [0, 0.1) is 5.82 Å². The fraction of sp³-hybridized carbons (Fsp3) is 0.350. The third-order valence-corrected chi connectivity index (χ3v) is 4.67. The first-order chi connectivity index (χ1) is 12.3. The lowest BCUT2D eigenvalue weighted by molar-refractivity contribution is -0.0200. The van der Waals surface area contributed by atoms with Crippen molar-refractivity contribution in [3.8, 4) is 11.5 Å². The summed E-state index contributed by atoms with van der Waals surface area (Å²) in [5.41, 5.74) is -0.628. The van der Waals surface area contributed by atoms with Crippen molar-refractivity contribution in [2.45, 2.75) is 38.0 Å². The van der Waals surface area contributed by atoms with E-state index in [2.05, 4.69) is 0 Å². The largest absolute Gasteiger partial charge is 0.462 e.